The number of nitrogens with zero attached hydrogens (tertiary/aromatic N) is 3. The molecule has 2 aromatic heterocycles. The lowest BCUT2D eigenvalue weighted by Crippen LogP contribution is -2.39. The number of carbonyl (C=O) groups excluding carboxylic acids is 1. The zero-order chi connectivity index (χ0) is 16.6. The maximum Gasteiger partial charge on any atom is 0.287 e. The second-order valence-corrected chi connectivity index (χ2v) is 6.19. The average molecular weight is 318 g/mol. The van der Waals surface area contributed by atoms with Crippen molar-refractivity contribution in [1.82, 2.24) is 19.8 Å². The number of aromatic nitrogens is 2. The molecule has 1 aliphatic rings. The Morgan fingerprint density at radius 3 is 2.87 bits per heavy atom. The number of likely N-dealkylation sites (tertiary alicyclic amines) is 1. The van der Waals surface area contributed by atoms with E-state index in [0.29, 0.717) is 11.3 Å². The van der Waals surface area contributed by atoms with E-state index in [4.69, 9.17) is 4.42 Å². The predicted octanol–water partition coefficient (Wildman–Crippen LogP) is 0.641. The molecule has 0 aliphatic carbocycles. The highest BCUT2D eigenvalue weighted by Gasteiger charge is 2.35. The van der Waals surface area contributed by atoms with Crippen LogP contribution in [0, 0.1) is 6.92 Å². The summed E-state index contributed by atoms with van der Waals surface area (Å²) >= 11 is 0. The number of aryl methyl sites for hydroxylation is 2. The second-order valence-electron chi connectivity index (χ2n) is 6.19. The smallest absolute Gasteiger partial charge is 0.287 e. The van der Waals surface area contributed by atoms with Gasteiger partial charge in [-0.2, -0.15) is 0 Å². The van der Waals surface area contributed by atoms with E-state index < -0.39 is 0 Å². The Morgan fingerprint density at radius 1 is 1.48 bits per heavy atom. The van der Waals surface area contributed by atoms with Crippen LogP contribution >= 0.6 is 0 Å². The number of hydrogen-bond acceptors (Lipinski definition) is 5. The molecule has 0 aromatic carbocycles. The number of furan rings is 1. The normalized spacial score (nSPS) is 21.7. The number of amides is 1. The summed E-state index contributed by atoms with van der Waals surface area (Å²) in [6.07, 6.45) is 3.62. The lowest BCUT2D eigenvalue weighted by atomic mass is 10.00. The molecule has 2 atom stereocenters. The van der Waals surface area contributed by atoms with E-state index in [1.165, 1.54) is 0 Å². The van der Waals surface area contributed by atoms with Gasteiger partial charge in [0.2, 0.25) is 0 Å². The summed E-state index contributed by atoms with van der Waals surface area (Å²) in [4.78, 5) is 18.8. The van der Waals surface area contributed by atoms with Crippen molar-refractivity contribution in [2.24, 2.45) is 7.05 Å². The number of likely N-dealkylation sites (N-methyl/N-ethyl adjacent to an activating group) is 1. The third-order valence-corrected chi connectivity index (χ3v) is 4.47. The highest BCUT2D eigenvalue weighted by Crippen LogP contribution is 2.26. The van der Waals surface area contributed by atoms with Crippen LogP contribution in [0.2, 0.25) is 0 Å². The lowest BCUT2D eigenvalue weighted by molar-refractivity contribution is 0.0906. The minimum Gasteiger partial charge on any atom is -0.456 e. The predicted molar refractivity (Wildman–Crippen MR) is 84.1 cm³/mol. The van der Waals surface area contributed by atoms with Gasteiger partial charge in [0, 0.05) is 43.5 Å². The van der Waals surface area contributed by atoms with Gasteiger partial charge in [0.1, 0.15) is 5.76 Å². The van der Waals surface area contributed by atoms with Crippen LogP contribution in [0.3, 0.4) is 0 Å². The SMILES string of the molecule is Cc1oc(C(=O)N[C@@H]2CN(C)C[C@H]2c2cncn2C)cc1CO. The molecule has 1 aliphatic heterocycles. The summed E-state index contributed by atoms with van der Waals surface area (Å²) in [6.45, 7) is 3.24. The monoisotopic (exact) mass is 318 g/mol. The van der Waals surface area contributed by atoms with Gasteiger partial charge in [-0.3, -0.25) is 4.79 Å². The number of nitrogens with one attached hydrogen (secondary N) is 1. The molecule has 3 heterocycles. The largest absolute Gasteiger partial charge is 0.456 e. The molecule has 7 nitrogen and oxygen atoms in total. The number of aliphatic hydroxyl groups excluding tert-OH is 1. The fraction of sp³-hybridized carbons (Fsp3) is 0.500. The maximum atomic E-state index is 12.5. The Hall–Kier alpha value is -2.12. The molecule has 2 N–H and O–H groups in total. The molecular formula is C16H22N4O3. The topological polar surface area (TPSA) is 83.5 Å². The summed E-state index contributed by atoms with van der Waals surface area (Å²) in [7, 11) is 4.00. The molecule has 0 unspecified atom stereocenters. The van der Waals surface area contributed by atoms with Crippen molar-refractivity contribution >= 4 is 5.91 Å². The molecule has 1 fully saturated rings. The van der Waals surface area contributed by atoms with E-state index in [9.17, 15) is 9.90 Å². The quantitative estimate of drug-likeness (QED) is 0.864. The Bertz CT molecular complexity index is 706. The van der Waals surface area contributed by atoms with E-state index in [0.717, 1.165) is 18.8 Å². The molecule has 23 heavy (non-hydrogen) atoms. The van der Waals surface area contributed by atoms with Crippen molar-refractivity contribution in [3.8, 4) is 0 Å². The molecule has 1 saturated heterocycles. The third-order valence-electron chi connectivity index (χ3n) is 4.47. The first-order valence-electron chi connectivity index (χ1n) is 7.65. The summed E-state index contributed by atoms with van der Waals surface area (Å²) in [5.74, 6) is 0.749. The van der Waals surface area contributed by atoms with Crippen molar-refractivity contribution in [1.29, 1.82) is 0 Å². The zero-order valence-corrected chi connectivity index (χ0v) is 13.6. The van der Waals surface area contributed by atoms with Crippen LogP contribution in [-0.4, -0.2) is 51.6 Å². The molecule has 1 amide bonds. The van der Waals surface area contributed by atoms with Gasteiger partial charge in [-0.05, 0) is 20.0 Å². The standard InChI is InChI=1S/C16H22N4O3/c1-10-11(8-21)4-15(23-10)16(22)18-13-7-19(2)6-12(13)14-5-17-9-20(14)3/h4-5,9,12-13,21H,6-8H2,1-3H3,(H,18,22)/t12-,13-/m1/s1. The molecule has 0 spiro atoms. The van der Waals surface area contributed by atoms with Crippen LogP contribution in [-0.2, 0) is 13.7 Å². The molecule has 0 radical (unpaired) electrons. The first-order chi connectivity index (χ1) is 11.0. The Labute approximate surface area is 134 Å². The molecular weight excluding hydrogens is 296 g/mol. The van der Waals surface area contributed by atoms with Crippen molar-refractivity contribution in [2.45, 2.75) is 25.5 Å². The summed E-state index contributed by atoms with van der Waals surface area (Å²) < 4.78 is 7.44. The number of hydrogen-bond donors (Lipinski definition) is 2. The average Bonchev–Trinajstić information content (AvgIpc) is 3.18. The van der Waals surface area contributed by atoms with Crippen LogP contribution in [0.4, 0.5) is 0 Å². The van der Waals surface area contributed by atoms with Crippen LogP contribution in [0.1, 0.15) is 33.5 Å². The molecule has 2 aromatic rings. The number of imidazole rings is 1. The molecule has 0 saturated carbocycles. The summed E-state index contributed by atoms with van der Waals surface area (Å²) in [5.41, 5.74) is 1.74. The highest BCUT2D eigenvalue weighted by atomic mass is 16.4. The molecule has 0 bridgehead atoms. The van der Waals surface area contributed by atoms with Crippen LogP contribution in [0.15, 0.2) is 23.0 Å². The van der Waals surface area contributed by atoms with Crippen LogP contribution < -0.4 is 5.32 Å². The Balaban J connectivity index is 1.77. The number of aliphatic hydroxyl groups is 1. The second kappa shape index (κ2) is 6.17. The fourth-order valence-corrected chi connectivity index (χ4v) is 3.20. The van der Waals surface area contributed by atoms with E-state index in [2.05, 4.69) is 15.2 Å². The van der Waals surface area contributed by atoms with Crippen molar-refractivity contribution in [3.63, 3.8) is 0 Å². The van der Waals surface area contributed by atoms with E-state index >= 15 is 0 Å². The Kier molecular flexibility index (Phi) is 4.23. The zero-order valence-electron chi connectivity index (χ0n) is 13.6. The highest BCUT2D eigenvalue weighted by molar-refractivity contribution is 5.92. The van der Waals surface area contributed by atoms with Gasteiger partial charge in [-0.15, -0.1) is 0 Å². The Morgan fingerprint density at radius 2 is 2.26 bits per heavy atom. The van der Waals surface area contributed by atoms with Gasteiger partial charge in [0.15, 0.2) is 5.76 Å². The number of rotatable bonds is 4. The first kappa shape index (κ1) is 15.8. The van der Waals surface area contributed by atoms with E-state index in [-0.39, 0.29) is 30.2 Å². The number of carbonyl (C=O) groups is 1. The van der Waals surface area contributed by atoms with Gasteiger partial charge in [0.05, 0.1) is 19.0 Å². The van der Waals surface area contributed by atoms with Crippen LogP contribution in [0.25, 0.3) is 0 Å². The van der Waals surface area contributed by atoms with Gasteiger partial charge in [-0.1, -0.05) is 0 Å². The first-order valence-corrected chi connectivity index (χ1v) is 7.65. The van der Waals surface area contributed by atoms with Crippen LogP contribution in [0.5, 0.6) is 0 Å². The summed E-state index contributed by atoms with van der Waals surface area (Å²) in [6, 6.07) is 1.59. The maximum absolute atomic E-state index is 12.5. The molecule has 7 heteroatoms. The van der Waals surface area contributed by atoms with Crippen molar-refractivity contribution < 1.29 is 14.3 Å². The molecule has 124 valence electrons. The van der Waals surface area contributed by atoms with Crippen molar-refractivity contribution in [3.05, 3.63) is 41.4 Å². The van der Waals surface area contributed by atoms with Gasteiger partial charge in [-0.25, -0.2) is 4.98 Å². The minimum atomic E-state index is -0.250. The third kappa shape index (κ3) is 3.02. The van der Waals surface area contributed by atoms with Gasteiger partial charge >= 0.3 is 0 Å². The van der Waals surface area contributed by atoms with E-state index in [1.807, 2.05) is 24.9 Å². The molecule has 3 rings (SSSR count). The lowest BCUT2D eigenvalue weighted by Gasteiger charge is -2.19. The van der Waals surface area contributed by atoms with Gasteiger partial charge in [0.25, 0.3) is 5.91 Å². The fourth-order valence-electron chi connectivity index (χ4n) is 3.20. The van der Waals surface area contributed by atoms with Gasteiger partial charge < -0.3 is 24.3 Å². The minimum absolute atomic E-state index is 0.00844. The summed E-state index contributed by atoms with van der Waals surface area (Å²) in [5, 5.41) is 12.3. The van der Waals surface area contributed by atoms with Crippen molar-refractivity contribution in [2.75, 3.05) is 20.1 Å². The van der Waals surface area contributed by atoms with E-state index in [1.54, 1.807) is 19.3 Å².